The molecule has 35 heavy (non-hydrogen) atoms. The average Bonchev–Trinajstić information content (AvgIpc) is 3.16. The van der Waals surface area contributed by atoms with Crippen molar-refractivity contribution >= 4 is 33.9 Å². The second-order valence-corrected chi connectivity index (χ2v) is 11.3. The maximum atomic E-state index is 13.6. The molecule has 0 aliphatic carbocycles. The van der Waals surface area contributed by atoms with Crippen molar-refractivity contribution in [3.8, 4) is 0 Å². The highest BCUT2D eigenvalue weighted by Gasteiger charge is 2.35. The molecular formula is C27H29BN4O2S. The zero-order chi connectivity index (χ0) is 24.7. The van der Waals surface area contributed by atoms with E-state index in [0.717, 1.165) is 33.3 Å². The third kappa shape index (κ3) is 4.32. The van der Waals surface area contributed by atoms with Gasteiger partial charge in [-0.2, -0.15) is 17.4 Å². The molecule has 3 heterocycles. The molecule has 8 heteroatoms. The van der Waals surface area contributed by atoms with E-state index in [2.05, 4.69) is 46.2 Å². The van der Waals surface area contributed by atoms with Gasteiger partial charge in [-0.05, 0) is 43.1 Å². The Morgan fingerprint density at radius 3 is 2.57 bits per heavy atom. The van der Waals surface area contributed by atoms with Gasteiger partial charge in [-0.15, -0.1) is 0 Å². The standard InChI is InChI=1S/C27H29BN4O2S/c1-19-10-12-22(13-11-19)35(33,34)32-17-20(2)25(23-9-5-7-21-8-6-14-29-26(21)23)24(18-32)28-27-30(3)15-16-31(27)4/h5-16,24-25H,2,17-18H2,1,3-4H3/t24-,25+/m0/s1. The molecule has 2 radical (unpaired) electrons. The van der Waals surface area contributed by atoms with E-state index in [1.54, 1.807) is 16.4 Å². The predicted molar refractivity (Wildman–Crippen MR) is 139 cm³/mol. The number of benzene rings is 2. The molecule has 6 nitrogen and oxygen atoms in total. The Morgan fingerprint density at radius 2 is 1.86 bits per heavy atom. The topological polar surface area (TPSA) is 59.1 Å². The molecule has 0 saturated carbocycles. The lowest BCUT2D eigenvalue weighted by atomic mass is 9.54. The molecule has 5 rings (SSSR count). The second-order valence-electron chi connectivity index (χ2n) is 9.38. The van der Waals surface area contributed by atoms with Gasteiger partial charge < -0.3 is 0 Å². The lowest BCUT2D eigenvalue weighted by Gasteiger charge is -2.45. The summed E-state index contributed by atoms with van der Waals surface area (Å²) in [7, 11) is 2.50. The molecule has 0 N–H and O–H groups in total. The van der Waals surface area contributed by atoms with E-state index < -0.39 is 10.0 Å². The summed E-state index contributed by atoms with van der Waals surface area (Å²) in [4.78, 5) is 4.99. The van der Waals surface area contributed by atoms with Crippen LogP contribution < -0.4 is 10.3 Å². The van der Waals surface area contributed by atoms with Crippen LogP contribution in [0.15, 0.2) is 90.2 Å². The van der Waals surface area contributed by atoms with E-state index in [4.69, 9.17) is 0 Å². The van der Waals surface area contributed by atoms with E-state index in [0.29, 0.717) is 11.4 Å². The number of nitrogens with zero attached hydrogens (tertiary/aromatic N) is 4. The van der Waals surface area contributed by atoms with Gasteiger partial charge in [-0.3, -0.25) is 14.1 Å². The summed E-state index contributed by atoms with van der Waals surface area (Å²) in [5.41, 5.74) is 4.92. The summed E-state index contributed by atoms with van der Waals surface area (Å²) in [6.45, 7) is 6.99. The lowest BCUT2D eigenvalue weighted by molar-refractivity contribution is -0.653. The minimum atomic E-state index is -3.67. The number of imidazole rings is 1. The van der Waals surface area contributed by atoms with E-state index in [-0.39, 0.29) is 18.3 Å². The Morgan fingerprint density at radius 1 is 1.11 bits per heavy atom. The largest absolute Gasteiger partial charge is 0.280 e. The molecule has 1 aliphatic heterocycles. The van der Waals surface area contributed by atoms with Gasteiger partial charge in [-0.25, -0.2) is 8.42 Å². The van der Waals surface area contributed by atoms with Crippen molar-refractivity contribution in [2.45, 2.75) is 23.6 Å². The van der Waals surface area contributed by atoms with E-state index in [1.165, 1.54) is 0 Å². The number of hydrogen-bond donors (Lipinski definition) is 0. The van der Waals surface area contributed by atoms with Gasteiger partial charge in [0, 0.05) is 23.9 Å². The van der Waals surface area contributed by atoms with Crippen LogP contribution in [0.1, 0.15) is 17.0 Å². The number of aromatic nitrogens is 3. The van der Waals surface area contributed by atoms with Crippen molar-refractivity contribution in [3.63, 3.8) is 0 Å². The molecule has 1 saturated heterocycles. The van der Waals surface area contributed by atoms with Crippen LogP contribution in [0, 0.1) is 6.92 Å². The van der Waals surface area contributed by atoms with Gasteiger partial charge in [-0.1, -0.05) is 54.1 Å². The van der Waals surface area contributed by atoms with Crippen LogP contribution in [0.3, 0.4) is 0 Å². The fourth-order valence-corrected chi connectivity index (χ4v) is 6.56. The first-order valence-electron chi connectivity index (χ1n) is 11.7. The summed E-state index contributed by atoms with van der Waals surface area (Å²) < 4.78 is 32.9. The summed E-state index contributed by atoms with van der Waals surface area (Å²) >= 11 is 0. The molecule has 2 aromatic carbocycles. The molecule has 1 aliphatic rings. The van der Waals surface area contributed by atoms with Crippen LogP contribution in [0.25, 0.3) is 10.9 Å². The van der Waals surface area contributed by atoms with E-state index >= 15 is 0 Å². The van der Waals surface area contributed by atoms with Crippen LogP contribution in [0.5, 0.6) is 0 Å². The van der Waals surface area contributed by atoms with Gasteiger partial charge in [0.1, 0.15) is 12.4 Å². The van der Waals surface area contributed by atoms with Gasteiger partial charge in [0.25, 0.3) is 0 Å². The average molecular weight is 484 g/mol. The van der Waals surface area contributed by atoms with Gasteiger partial charge in [0.2, 0.25) is 10.0 Å². The molecule has 2 aromatic heterocycles. The number of hydrogen-bond acceptors (Lipinski definition) is 3. The van der Waals surface area contributed by atoms with Crippen molar-refractivity contribution in [2.24, 2.45) is 14.1 Å². The monoisotopic (exact) mass is 484 g/mol. The fourth-order valence-electron chi connectivity index (χ4n) is 5.08. The molecule has 4 aromatic rings. The first-order chi connectivity index (χ1) is 16.8. The van der Waals surface area contributed by atoms with Crippen LogP contribution in [-0.2, 0) is 24.1 Å². The molecule has 0 amide bonds. The SMILES string of the molecule is C=C1CN(S(=O)(=O)c2ccc(C)cc2)C[C@H]([B-]c2n(C)cc[n+]2C)[C@H]1c1cccc2cccnc12. The van der Waals surface area contributed by atoms with Gasteiger partial charge in [0.15, 0.2) is 0 Å². The van der Waals surface area contributed by atoms with Crippen molar-refractivity contribution in [1.29, 1.82) is 0 Å². The van der Waals surface area contributed by atoms with Crippen molar-refractivity contribution < 1.29 is 13.0 Å². The predicted octanol–water partition coefficient (Wildman–Crippen LogP) is 2.87. The van der Waals surface area contributed by atoms with Gasteiger partial charge >= 0.3 is 0 Å². The third-order valence-corrected chi connectivity index (χ3v) is 8.75. The first-order valence-corrected chi connectivity index (χ1v) is 13.1. The molecule has 0 bridgehead atoms. The van der Waals surface area contributed by atoms with Crippen molar-refractivity contribution in [3.05, 3.63) is 96.5 Å². The number of rotatable bonds is 5. The molecular weight excluding hydrogens is 455 g/mol. The van der Waals surface area contributed by atoms with Crippen molar-refractivity contribution in [1.82, 2.24) is 13.9 Å². The highest BCUT2D eigenvalue weighted by molar-refractivity contribution is 7.89. The zero-order valence-electron chi connectivity index (χ0n) is 20.3. The second kappa shape index (κ2) is 9.09. The maximum absolute atomic E-state index is 13.6. The Bertz CT molecular complexity index is 1490. The van der Waals surface area contributed by atoms with Crippen molar-refractivity contribution in [2.75, 3.05) is 13.1 Å². The molecule has 0 spiro atoms. The van der Waals surface area contributed by atoms with Crippen LogP contribution in [0.4, 0.5) is 0 Å². The number of aryl methyl sites for hydroxylation is 3. The molecule has 178 valence electrons. The Kier molecular flexibility index (Phi) is 6.11. The van der Waals surface area contributed by atoms with Crippen LogP contribution in [-0.4, -0.2) is 42.6 Å². The number of sulfonamides is 1. The fraction of sp³-hybridized carbons (Fsp3) is 0.259. The Hall–Kier alpha value is -3.23. The smallest absolute Gasteiger partial charge is 0.243 e. The molecule has 2 atom stereocenters. The summed E-state index contributed by atoms with van der Waals surface area (Å²) in [5.74, 6) is -0.183. The highest BCUT2D eigenvalue weighted by atomic mass is 32.2. The Labute approximate surface area is 207 Å². The minimum Gasteiger partial charge on any atom is -0.280 e. The number of pyridine rings is 1. The quantitative estimate of drug-likeness (QED) is 0.249. The molecule has 0 unspecified atom stereocenters. The van der Waals surface area contributed by atoms with Crippen LogP contribution in [0.2, 0.25) is 5.82 Å². The van der Waals surface area contributed by atoms with Crippen LogP contribution >= 0.6 is 0 Å². The molecule has 1 fully saturated rings. The number of para-hydroxylation sites is 1. The number of piperidine rings is 1. The van der Waals surface area contributed by atoms with E-state index in [1.807, 2.05) is 63.9 Å². The summed E-state index contributed by atoms with van der Waals surface area (Å²) in [6.07, 6.45) is 5.80. The first kappa shape index (κ1) is 23.5. The highest BCUT2D eigenvalue weighted by Crippen LogP contribution is 2.42. The Balaban J connectivity index is 1.58. The van der Waals surface area contributed by atoms with E-state index in [9.17, 15) is 8.42 Å². The zero-order valence-corrected chi connectivity index (χ0v) is 21.1. The normalized spacial score (nSPS) is 19.3. The minimum absolute atomic E-state index is 0.0621. The number of fused-ring (bicyclic) bond motifs is 1. The third-order valence-electron chi connectivity index (χ3n) is 6.92. The summed E-state index contributed by atoms with van der Waals surface area (Å²) in [5, 5.41) is 1.07. The maximum Gasteiger partial charge on any atom is 0.243 e. The van der Waals surface area contributed by atoms with Gasteiger partial charge in [0.05, 0.1) is 24.5 Å². The summed E-state index contributed by atoms with van der Waals surface area (Å²) in [6, 6.07) is 17.2. The lowest BCUT2D eigenvalue weighted by Crippen LogP contribution is -2.54.